The molecule has 1 aliphatic heterocycles. The lowest BCUT2D eigenvalue weighted by molar-refractivity contribution is -0.121. The summed E-state index contributed by atoms with van der Waals surface area (Å²) < 4.78 is 34.4. The number of carbonyl (C=O) groups is 1. The molecule has 0 saturated carbocycles. The summed E-state index contributed by atoms with van der Waals surface area (Å²) in [7, 11) is -2.42. The first-order chi connectivity index (χ1) is 14.0. The highest BCUT2D eigenvalue weighted by molar-refractivity contribution is 7.89. The molecule has 9 nitrogen and oxygen atoms in total. The molecule has 1 aromatic heterocycles. The molecule has 1 N–H and O–H groups in total. The largest absolute Gasteiger partial charge is 0.497 e. The van der Waals surface area contributed by atoms with Crippen molar-refractivity contribution >= 4 is 15.9 Å². The third-order valence-electron chi connectivity index (χ3n) is 4.83. The number of amides is 1. The van der Waals surface area contributed by atoms with Gasteiger partial charge in [0.05, 0.1) is 12.0 Å². The number of aromatic nitrogens is 3. The van der Waals surface area contributed by atoms with Gasteiger partial charge in [-0.2, -0.15) is 4.31 Å². The molecule has 0 bridgehead atoms. The number of hydrogen-bond acceptors (Lipinski definition) is 6. The number of sulfonamides is 1. The first kappa shape index (κ1) is 19.1. The van der Waals surface area contributed by atoms with Crippen LogP contribution < -0.4 is 10.2 Å². The molecule has 0 radical (unpaired) electrons. The number of nitrogens with zero attached hydrogens (tertiary/aromatic N) is 4. The van der Waals surface area contributed by atoms with Crippen LogP contribution in [0.4, 0.5) is 0 Å². The number of rotatable bonds is 5. The SMILES string of the molecule is COc1ccc(S(=O)(=O)N2Cc3ccccc3C[C@H]2C(=O)Nn2cnnc2)cc1. The lowest BCUT2D eigenvalue weighted by atomic mass is 9.95. The smallest absolute Gasteiger partial charge is 0.257 e. The Labute approximate surface area is 168 Å². The van der Waals surface area contributed by atoms with Crippen molar-refractivity contribution in [2.24, 2.45) is 0 Å². The topological polar surface area (TPSA) is 106 Å². The fraction of sp³-hybridized carbons (Fsp3) is 0.211. The van der Waals surface area contributed by atoms with Gasteiger partial charge in [0.2, 0.25) is 10.0 Å². The highest BCUT2D eigenvalue weighted by atomic mass is 32.2. The molecule has 2 heterocycles. The Morgan fingerprint density at radius 2 is 1.72 bits per heavy atom. The van der Waals surface area contributed by atoms with Crippen molar-refractivity contribution in [1.82, 2.24) is 19.2 Å². The van der Waals surface area contributed by atoms with E-state index in [1.165, 1.54) is 40.9 Å². The second-order valence-corrected chi connectivity index (χ2v) is 8.45. The van der Waals surface area contributed by atoms with Gasteiger partial charge in [-0.15, -0.1) is 10.2 Å². The third-order valence-corrected chi connectivity index (χ3v) is 6.70. The van der Waals surface area contributed by atoms with Crippen LogP contribution in [-0.2, 0) is 27.8 Å². The van der Waals surface area contributed by atoms with E-state index >= 15 is 0 Å². The zero-order valence-electron chi connectivity index (χ0n) is 15.6. The highest BCUT2D eigenvalue weighted by Crippen LogP contribution is 2.30. The molecule has 1 amide bonds. The summed E-state index contributed by atoms with van der Waals surface area (Å²) in [5.74, 6) is 0.0891. The summed E-state index contributed by atoms with van der Waals surface area (Å²) in [5, 5.41) is 7.29. The van der Waals surface area contributed by atoms with Crippen molar-refractivity contribution in [3.63, 3.8) is 0 Å². The molecule has 0 spiro atoms. The monoisotopic (exact) mass is 413 g/mol. The van der Waals surface area contributed by atoms with E-state index in [0.29, 0.717) is 5.75 Å². The van der Waals surface area contributed by atoms with Crippen LogP contribution in [-0.4, -0.2) is 46.7 Å². The number of carbonyl (C=O) groups excluding carboxylic acids is 1. The van der Waals surface area contributed by atoms with Crippen LogP contribution in [0, 0.1) is 0 Å². The predicted octanol–water partition coefficient (Wildman–Crippen LogP) is 1.17. The summed E-state index contributed by atoms with van der Waals surface area (Å²) in [4.78, 5) is 13.0. The number of nitrogens with one attached hydrogen (secondary N) is 1. The van der Waals surface area contributed by atoms with Crippen molar-refractivity contribution < 1.29 is 17.9 Å². The maximum Gasteiger partial charge on any atom is 0.257 e. The van der Waals surface area contributed by atoms with Gasteiger partial charge in [-0.3, -0.25) is 10.2 Å². The first-order valence-corrected chi connectivity index (χ1v) is 10.3. The van der Waals surface area contributed by atoms with E-state index < -0.39 is 22.0 Å². The summed E-state index contributed by atoms with van der Waals surface area (Å²) >= 11 is 0. The Kier molecular flexibility index (Phi) is 5.03. The second-order valence-electron chi connectivity index (χ2n) is 6.56. The Bertz CT molecular complexity index is 1110. The molecule has 0 fully saturated rings. The molecule has 0 unspecified atom stereocenters. The van der Waals surface area contributed by atoms with Gasteiger partial charge in [-0.05, 0) is 41.8 Å². The maximum absolute atomic E-state index is 13.4. The molecular formula is C19H19N5O4S. The van der Waals surface area contributed by atoms with Gasteiger partial charge in [0.15, 0.2) is 0 Å². The van der Waals surface area contributed by atoms with Gasteiger partial charge in [0, 0.05) is 6.54 Å². The fourth-order valence-electron chi connectivity index (χ4n) is 3.32. The minimum Gasteiger partial charge on any atom is -0.497 e. The minimum absolute atomic E-state index is 0.0970. The van der Waals surface area contributed by atoms with Crippen LogP contribution in [0.25, 0.3) is 0 Å². The van der Waals surface area contributed by atoms with Gasteiger partial charge >= 0.3 is 0 Å². The highest BCUT2D eigenvalue weighted by Gasteiger charge is 2.39. The summed E-state index contributed by atoms with van der Waals surface area (Å²) in [6, 6.07) is 12.7. The van der Waals surface area contributed by atoms with E-state index in [4.69, 9.17) is 4.74 Å². The predicted molar refractivity (Wildman–Crippen MR) is 104 cm³/mol. The van der Waals surface area contributed by atoms with Crippen molar-refractivity contribution in [2.45, 2.75) is 23.9 Å². The molecule has 3 aromatic rings. The number of fused-ring (bicyclic) bond motifs is 1. The average Bonchev–Trinajstić information content (AvgIpc) is 3.25. The lowest BCUT2D eigenvalue weighted by Crippen LogP contribution is -2.51. The zero-order chi connectivity index (χ0) is 20.4. The van der Waals surface area contributed by atoms with Gasteiger partial charge in [0.1, 0.15) is 24.4 Å². The Morgan fingerprint density at radius 1 is 1.07 bits per heavy atom. The van der Waals surface area contributed by atoms with Crippen molar-refractivity contribution in [2.75, 3.05) is 12.5 Å². The molecule has 1 atom stereocenters. The summed E-state index contributed by atoms with van der Waals surface area (Å²) in [6.45, 7) is 0.102. The van der Waals surface area contributed by atoms with E-state index in [1.807, 2.05) is 24.3 Å². The van der Waals surface area contributed by atoms with Gasteiger partial charge < -0.3 is 4.74 Å². The zero-order valence-corrected chi connectivity index (χ0v) is 16.4. The average molecular weight is 413 g/mol. The third kappa shape index (κ3) is 3.71. The molecule has 4 rings (SSSR count). The van der Waals surface area contributed by atoms with E-state index in [9.17, 15) is 13.2 Å². The number of benzene rings is 2. The summed E-state index contributed by atoms with van der Waals surface area (Å²) in [5.41, 5.74) is 4.44. The standard InChI is InChI=1S/C19H19N5O4S/c1-28-16-6-8-17(9-7-16)29(26,27)24-11-15-5-3-2-4-14(15)10-18(24)19(25)22-23-12-20-21-13-23/h2-9,12-13,18H,10-11H2,1H3,(H,22,25)/t18-/m0/s1. The van der Waals surface area contributed by atoms with E-state index in [1.54, 1.807) is 12.1 Å². The number of methoxy groups -OCH3 is 1. The van der Waals surface area contributed by atoms with E-state index in [-0.39, 0.29) is 17.9 Å². The van der Waals surface area contributed by atoms with Crippen LogP contribution in [0.3, 0.4) is 0 Å². The molecule has 2 aromatic carbocycles. The molecule has 29 heavy (non-hydrogen) atoms. The van der Waals surface area contributed by atoms with Crippen LogP contribution in [0.5, 0.6) is 5.75 Å². The quantitative estimate of drug-likeness (QED) is 0.673. The second kappa shape index (κ2) is 7.64. The Morgan fingerprint density at radius 3 is 2.38 bits per heavy atom. The molecule has 1 aliphatic rings. The van der Waals surface area contributed by atoms with Gasteiger partial charge in [-0.1, -0.05) is 24.3 Å². The maximum atomic E-state index is 13.4. The molecule has 0 saturated heterocycles. The van der Waals surface area contributed by atoms with Gasteiger partial charge in [0.25, 0.3) is 5.91 Å². The molecule has 150 valence electrons. The van der Waals surface area contributed by atoms with Crippen LogP contribution in [0.1, 0.15) is 11.1 Å². The normalized spacial score (nSPS) is 16.8. The Balaban J connectivity index is 1.71. The lowest BCUT2D eigenvalue weighted by Gasteiger charge is -2.35. The van der Waals surface area contributed by atoms with Crippen LogP contribution in [0.15, 0.2) is 66.1 Å². The minimum atomic E-state index is -3.93. The first-order valence-electron chi connectivity index (χ1n) is 8.87. The van der Waals surface area contributed by atoms with Gasteiger partial charge in [-0.25, -0.2) is 13.1 Å². The van der Waals surface area contributed by atoms with E-state index in [0.717, 1.165) is 11.1 Å². The number of hydrogen-bond donors (Lipinski definition) is 1. The molecule has 10 heteroatoms. The van der Waals surface area contributed by atoms with Crippen molar-refractivity contribution in [3.8, 4) is 5.75 Å². The summed E-state index contributed by atoms with van der Waals surface area (Å²) in [6.07, 6.45) is 2.92. The number of ether oxygens (including phenoxy) is 1. The van der Waals surface area contributed by atoms with E-state index in [2.05, 4.69) is 15.6 Å². The fourth-order valence-corrected chi connectivity index (χ4v) is 4.88. The Hall–Kier alpha value is -3.24. The van der Waals surface area contributed by atoms with Crippen LogP contribution in [0.2, 0.25) is 0 Å². The van der Waals surface area contributed by atoms with Crippen molar-refractivity contribution in [1.29, 1.82) is 0 Å². The van der Waals surface area contributed by atoms with Crippen molar-refractivity contribution in [3.05, 3.63) is 72.3 Å². The van der Waals surface area contributed by atoms with Crippen LogP contribution >= 0.6 is 0 Å². The molecule has 0 aliphatic carbocycles. The molecular weight excluding hydrogens is 394 g/mol.